The van der Waals surface area contributed by atoms with Crippen LogP contribution in [0.3, 0.4) is 0 Å². The molecule has 0 aliphatic carbocycles. The third-order valence-corrected chi connectivity index (χ3v) is 9.07. The van der Waals surface area contributed by atoms with E-state index in [9.17, 15) is 13.0 Å². The fraction of sp³-hybridized carbons (Fsp3) is 0.429. The molecule has 9 heteroatoms. The van der Waals surface area contributed by atoms with Crippen LogP contribution in [0.4, 0.5) is 5.69 Å². The van der Waals surface area contributed by atoms with Crippen molar-refractivity contribution in [3.05, 3.63) is 54.1 Å². The SMILES string of the molecule is O=P(O)(O)C(CCCc1ccc(-c2ccc(N3CCCCC3)cc2)cc1)S(=O)(=O)O. The number of rotatable bonds is 8. The molecule has 1 saturated heterocycles. The van der Waals surface area contributed by atoms with Gasteiger partial charge in [0.25, 0.3) is 10.1 Å². The molecule has 3 rings (SSSR count). The molecule has 1 aliphatic rings. The molecule has 0 bridgehead atoms. The van der Waals surface area contributed by atoms with Gasteiger partial charge >= 0.3 is 7.60 Å². The van der Waals surface area contributed by atoms with Gasteiger partial charge in [0.2, 0.25) is 0 Å². The minimum absolute atomic E-state index is 0.236. The summed E-state index contributed by atoms with van der Waals surface area (Å²) in [5, 5.41) is 0. The third kappa shape index (κ3) is 6.15. The molecule has 1 aliphatic heterocycles. The zero-order valence-corrected chi connectivity index (χ0v) is 18.4. The Balaban J connectivity index is 1.59. The van der Waals surface area contributed by atoms with Crippen molar-refractivity contribution in [3.8, 4) is 11.1 Å². The summed E-state index contributed by atoms with van der Waals surface area (Å²) < 4.78 is 42.8. The second-order valence-electron chi connectivity index (χ2n) is 7.74. The molecule has 7 nitrogen and oxygen atoms in total. The Morgan fingerprint density at radius 3 is 1.93 bits per heavy atom. The standard InChI is InChI=1S/C21H28NO6PS/c23-29(24,25)21(30(26,27)28)6-4-5-17-7-9-18(10-8-17)19-11-13-20(14-12-19)22-15-2-1-3-16-22/h7-14,21H,1-6,15-16H2,(H2,23,24,25)(H,26,27,28). The van der Waals surface area contributed by atoms with E-state index in [2.05, 4.69) is 29.2 Å². The van der Waals surface area contributed by atoms with Gasteiger partial charge in [-0.1, -0.05) is 36.4 Å². The first-order valence-corrected chi connectivity index (χ1v) is 13.3. The summed E-state index contributed by atoms with van der Waals surface area (Å²) in [5.74, 6) is 0. The summed E-state index contributed by atoms with van der Waals surface area (Å²) in [6.07, 6.45) is 4.17. The Bertz CT molecular complexity index is 979. The number of aryl methyl sites for hydroxylation is 1. The quantitative estimate of drug-likeness (QED) is 0.408. The van der Waals surface area contributed by atoms with E-state index in [-0.39, 0.29) is 12.8 Å². The highest BCUT2D eigenvalue weighted by Gasteiger charge is 2.38. The fourth-order valence-corrected chi connectivity index (χ4v) is 6.22. The van der Waals surface area contributed by atoms with Crippen molar-refractivity contribution in [2.75, 3.05) is 18.0 Å². The summed E-state index contributed by atoms with van der Waals surface area (Å²) in [6, 6.07) is 16.3. The number of hydrogen-bond donors (Lipinski definition) is 3. The van der Waals surface area contributed by atoms with Gasteiger partial charge in [-0.3, -0.25) is 9.12 Å². The third-order valence-electron chi connectivity index (χ3n) is 5.51. The number of benzene rings is 2. The number of nitrogens with zero attached hydrogens (tertiary/aromatic N) is 1. The van der Waals surface area contributed by atoms with Gasteiger partial charge in [-0.05, 0) is 67.3 Å². The van der Waals surface area contributed by atoms with Crippen molar-refractivity contribution >= 4 is 23.4 Å². The molecule has 1 heterocycles. The Hall–Kier alpha value is -1.70. The van der Waals surface area contributed by atoms with E-state index >= 15 is 0 Å². The fourth-order valence-electron chi connectivity index (χ4n) is 3.85. The molecule has 0 amide bonds. The molecule has 2 aromatic rings. The summed E-state index contributed by atoms with van der Waals surface area (Å²) in [4.78, 5) is 18.6. The molecular weight excluding hydrogens is 425 g/mol. The second-order valence-corrected chi connectivity index (χ2v) is 11.5. The van der Waals surface area contributed by atoms with Crippen molar-refractivity contribution in [1.82, 2.24) is 0 Å². The topological polar surface area (TPSA) is 115 Å². The zero-order valence-electron chi connectivity index (χ0n) is 16.7. The molecule has 1 unspecified atom stereocenters. The molecule has 0 aromatic heterocycles. The van der Waals surface area contributed by atoms with Gasteiger partial charge in [0.15, 0.2) is 4.99 Å². The van der Waals surface area contributed by atoms with E-state index in [4.69, 9.17) is 14.3 Å². The minimum atomic E-state index is -4.92. The highest BCUT2D eigenvalue weighted by molar-refractivity contribution is 7.93. The first kappa shape index (κ1) is 23.0. The van der Waals surface area contributed by atoms with Gasteiger partial charge in [-0.2, -0.15) is 8.42 Å². The predicted octanol–water partition coefficient (Wildman–Crippen LogP) is 4.06. The zero-order chi connectivity index (χ0) is 21.8. The smallest absolute Gasteiger partial charge is 0.346 e. The lowest BCUT2D eigenvalue weighted by atomic mass is 10.0. The number of piperidine rings is 1. The van der Waals surface area contributed by atoms with Crippen LogP contribution in [0.25, 0.3) is 11.1 Å². The van der Waals surface area contributed by atoms with Crippen molar-refractivity contribution in [1.29, 1.82) is 0 Å². The predicted molar refractivity (Wildman–Crippen MR) is 118 cm³/mol. The largest absolute Gasteiger partial charge is 0.372 e. The highest BCUT2D eigenvalue weighted by atomic mass is 32.2. The minimum Gasteiger partial charge on any atom is -0.372 e. The van der Waals surface area contributed by atoms with Crippen molar-refractivity contribution in [3.63, 3.8) is 0 Å². The van der Waals surface area contributed by atoms with Crippen molar-refractivity contribution in [2.45, 2.75) is 43.5 Å². The Kier molecular flexibility index (Phi) is 7.37. The molecule has 1 atom stereocenters. The molecule has 30 heavy (non-hydrogen) atoms. The molecule has 1 fully saturated rings. The Morgan fingerprint density at radius 1 is 0.900 bits per heavy atom. The van der Waals surface area contributed by atoms with E-state index in [1.807, 2.05) is 24.3 Å². The molecular formula is C21H28NO6PS. The van der Waals surface area contributed by atoms with Gasteiger partial charge in [-0.25, -0.2) is 0 Å². The van der Waals surface area contributed by atoms with E-state index in [1.165, 1.54) is 24.9 Å². The van der Waals surface area contributed by atoms with Crippen LogP contribution < -0.4 is 4.90 Å². The van der Waals surface area contributed by atoms with Gasteiger partial charge < -0.3 is 14.7 Å². The maximum Gasteiger partial charge on any atom is 0.346 e. The summed E-state index contributed by atoms with van der Waals surface area (Å²) in [5.41, 5.74) is 4.35. The van der Waals surface area contributed by atoms with E-state index < -0.39 is 22.7 Å². The maximum atomic E-state index is 11.3. The van der Waals surface area contributed by atoms with Crippen LogP contribution in [0, 0.1) is 0 Å². The van der Waals surface area contributed by atoms with Gasteiger partial charge in [0.05, 0.1) is 0 Å². The Morgan fingerprint density at radius 2 is 1.43 bits per heavy atom. The molecule has 0 saturated carbocycles. The molecule has 3 N–H and O–H groups in total. The van der Waals surface area contributed by atoms with Crippen molar-refractivity contribution in [2.24, 2.45) is 0 Å². The van der Waals surface area contributed by atoms with Crippen LogP contribution in [0.5, 0.6) is 0 Å². The van der Waals surface area contributed by atoms with Crippen LogP contribution in [0.2, 0.25) is 0 Å². The van der Waals surface area contributed by atoms with Gasteiger partial charge in [0, 0.05) is 18.8 Å². The monoisotopic (exact) mass is 453 g/mol. The summed E-state index contributed by atoms with van der Waals surface area (Å²) in [6.45, 7) is 2.21. The van der Waals surface area contributed by atoms with Crippen LogP contribution in [0.15, 0.2) is 48.5 Å². The van der Waals surface area contributed by atoms with E-state index in [0.717, 1.165) is 29.8 Å². The molecule has 0 spiro atoms. The second kappa shape index (κ2) is 9.62. The lowest BCUT2D eigenvalue weighted by Crippen LogP contribution is -2.29. The first-order valence-electron chi connectivity index (χ1n) is 10.1. The van der Waals surface area contributed by atoms with Crippen molar-refractivity contribution < 1.29 is 27.3 Å². The lowest BCUT2D eigenvalue weighted by Gasteiger charge is -2.28. The molecule has 0 radical (unpaired) electrons. The van der Waals surface area contributed by atoms with E-state index in [1.54, 1.807) is 0 Å². The van der Waals surface area contributed by atoms with Crippen LogP contribution in [-0.2, 0) is 21.1 Å². The average molecular weight is 453 g/mol. The van der Waals surface area contributed by atoms with Crippen LogP contribution in [-0.4, -0.2) is 40.8 Å². The van der Waals surface area contributed by atoms with Gasteiger partial charge in [0.1, 0.15) is 0 Å². The van der Waals surface area contributed by atoms with Crippen LogP contribution >= 0.6 is 7.60 Å². The lowest BCUT2D eigenvalue weighted by molar-refractivity contribution is 0.360. The van der Waals surface area contributed by atoms with E-state index in [0.29, 0.717) is 6.42 Å². The number of anilines is 1. The molecule has 164 valence electrons. The average Bonchev–Trinajstić information content (AvgIpc) is 2.71. The van der Waals surface area contributed by atoms with Crippen LogP contribution in [0.1, 0.15) is 37.7 Å². The molecule has 2 aromatic carbocycles. The van der Waals surface area contributed by atoms with Gasteiger partial charge in [-0.15, -0.1) is 0 Å². The first-order chi connectivity index (χ1) is 14.1. The maximum absolute atomic E-state index is 11.3. The Labute approximate surface area is 177 Å². The highest BCUT2D eigenvalue weighted by Crippen LogP contribution is 2.46. The normalized spacial score (nSPS) is 16.4. The summed E-state index contributed by atoms with van der Waals surface area (Å²) in [7, 11) is -9.72. The summed E-state index contributed by atoms with van der Waals surface area (Å²) >= 11 is 0. The number of hydrogen-bond acceptors (Lipinski definition) is 4.